The minimum atomic E-state index is -3.91. The molecule has 0 radical (unpaired) electrons. The van der Waals surface area contributed by atoms with Crippen LogP contribution in [0.25, 0.3) is 10.9 Å². The number of ether oxygens (including phenoxy) is 1. The summed E-state index contributed by atoms with van der Waals surface area (Å²) in [5.74, 6) is -1.37. The Bertz CT molecular complexity index is 1480. The van der Waals surface area contributed by atoms with E-state index in [9.17, 15) is 8.42 Å². The van der Waals surface area contributed by atoms with Crippen LogP contribution in [0.4, 0.5) is 25.8 Å². The van der Waals surface area contributed by atoms with Gasteiger partial charge in [-0.1, -0.05) is 19.1 Å². The van der Waals surface area contributed by atoms with Crippen LogP contribution in [-0.2, 0) is 16.6 Å². The van der Waals surface area contributed by atoms with Gasteiger partial charge in [0.05, 0.1) is 30.6 Å². The number of aromatic nitrogens is 2. The molecule has 0 aliphatic rings. The van der Waals surface area contributed by atoms with Gasteiger partial charge in [-0.25, -0.2) is 27.2 Å². The first-order chi connectivity index (χ1) is 17.2. The van der Waals surface area contributed by atoms with Crippen molar-refractivity contribution in [2.24, 2.45) is 0 Å². The second-order valence-electron chi connectivity index (χ2n) is 8.22. The number of halogens is 2. The van der Waals surface area contributed by atoms with Gasteiger partial charge in [0.25, 0.3) is 0 Å². The molecule has 0 aliphatic heterocycles. The third-order valence-electron chi connectivity index (χ3n) is 5.81. The molecule has 1 heterocycles. The van der Waals surface area contributed by atoms with Gasteiger partial charge in [0, 0.05) is 24.3 Å². The second kappa shape index (κ2) is 10.4. The Morgan fingerprint density at radius 3 is 2.47 bits per heavy atom. The highest BCUT2D eigenvalue weighted by Crippen LogP contribution is 2.37. The Kier molecular flexibility index (Phi) is 7.35. The molecular weight excluding hydrogens is 486 g/mol. The molecule has 0 saturated heterocycles. The van der Waals surface area contributed by atoms with E-state index < -0.39 is 21.7 Å². The van der Waals surface area contributed by atoms with E-state index in [1.807, 2.05) is 0 Å². The van der Waals surface area contributed by atoms with Crippen LogP contribution in [0.15, 0.2) is 67.1 Å². The minimum Gasteiger partial charge on any atom is -0.497 e. The van der Waals surface area contributed by atoms with Gasteiger partial charge in [0.15, 0.2) is 5.82 Å². The molecule has 0 unspecified atom stereocenters. The number of methoxy groups -OCH3 is 1. The van der Waals surface area contributed by atoms with E-state index in [-0.39, 0.29) is 23.7 Å². The largest absolute Gasteiger partial charge is 0.497 e. The molecule has 0 fully saturated rings. The Morgan fingerprint density at radius 1 is 1.03 bits per heavy atom. The van der Waals surface area contributed by atoms with Crippen molar-refractivity contribution >= 4 is 38.0 Å². The third-order valence-corrected chi connectivity index (χ3v) is 7.73. The summed E-state index contributed by atoms with van der Waals surface area (Å²) in [6.45, 7) is 1.61. The van der Waals surface area contributed by atoms with Crippen molar-refractivity contribution in [3.05, 3.63) is 84.3 Å². The molecule has 7 nitrogen and oxygen atoms in total. The Hall–Kier alpha value is -3.79. The maximum atomic E-state index is 16.0. The summed E-state index contributed by atoms with van der Waals surface area (Å²) in [6.07, 6.45) is 3.37. The van der Waals surface area contributed by atoms with Crippen LogP contribution in [0.2, 0.25) is 0 Å². The zero-order chi connectivity index (χ0) is 25.9. The first kappa shape index (κ1) is 25.3. The van der Waals surface area contributed by atoms with E-state index in [0.29, 0.717) is 34.3 Å². The summed E-state index contributed by atoms with van der Waals surface area (Å²) in [7, 11) is -0.858. The first-order valence-corrected chi connectivity index (χ1v) is 12.9. The molecule has 0 saturated carbocycles. The molecule has 10 heteroatoms. The molecule has 1 aromatic heterocycles. The minimum absolute atomic E-state index is 0.120. The fraction of sp³-hybridized carbons (Fsp3) is 0.231. The maximum Gasteiger partial charge on any atom is 0.235 e. The van der Waals surface area contributed by atoms with Gasteiger partial charge in [-0.05, 0) is 54.4 Å². The number of hydrogen-bond acceptors (Lipinski definition) is 6. The molecule has 3 aromatic carbocycles. The molecule has 0 aliphatic carbocycles. The lowest BCUT2D eigenvalue weighted by molar-refractivity contribution is 0.414. The normalized spacial score (nSPS) is 11.5. The quantitative estimate of drug-likeness (QED) is 0.298. The first-order valence-electron chi connectivity index (χ1n) is 11.3. The molecule has 0 bridgehead atoms. The predicted molar refractivity (Wildman–Crippen MR) is 137 cm³/mol. The van der Waals surface area contributed by atoms with Gasteiger partial charge in [0.2, 0.25) is 10.0 Å². The summed E-state index contributed by atoms with van der Waals surface area (Å²) in [5.41, 5.74) is 1.21. The molecule has 0 amide bonds. The predicted octanol–water partition coefficient (Wildman–Crippen LogP) is 5.43. The monoisotopic (exact) mass is 512 g/mol. The molecule has 4 aromatic rings. The lowest BCUT2D eigenvalue weighted by atomic mass is 10.1. The third kappa shape index (κ3) is 5.08. The molecular formula is C26H26F2N4O3S. The van der Waals surface area contributed by atoms with Crippen molar-refractivity contribution in [3.63, 3.8) is 0 Å². The average Bonchev–Trinajstić information content (AvgIpc) is 2.87. The summed E-state index contributed by atoms with van der Waals surface area (Å²) < 4.78 is 63.6. The number of hydrogen-bond donors (Lipinski definition) is 0. The van der Waals surface area contributed by atoms with E-state index in [0.717, 1.165) is 16.4 Å². The Morgan fingerprint density at radius 2 is 1.78 bits per heavy atom. The number of rotatable bonds is 9. The molecule has 0 N–H and O–H groups in total. The fourth-order valence-electron chi connectivity index (χ4n) is 3.94. The van der Waals surface area contributed by atoms with E-state index in [1.165, 1.54) is 25.4 Å². The van der Waals surface area contributed by atoms with Crippen LogP contribution in [0, 0.1) is 11.6 Å². The van der Waals surface area contributed by atoms with Crippen molar-refractivity contribution < 1.29 is 21.9 Å². The van der Waals surface area contributed by atoms with E-state index in [2.05, 4.69) is 9.97 Å². The number of benzene rings is 3. The van der Waals surface area contributed by atoms with Gasteiger partial charge < -0.3 is 9.64 Å². The van der Waals surface area contributed by atoms with Crippen molar-refractivity contribution in [3.8, 4) is 5.75 Å². The highest BCUT2D eigenvalue weighted by atomic mass is 32.2. The van der Waals surface area contributed by atoms with E-state index >= 15 is 8.78 Å². The topological polar surface area (TPSA) is 75.6 Å². The van der Waals surface area contributed by atoms with Crippen molar-refractivity contribution in [2.45, 2.75) is 19.9 Å². The summed E-state index contributed by atoms with van der Waals surface area (Å²) >= 11 is 0. The molecule has 36 heavy (non-hydrogen) atoms. The van der Waals surface area contributed by atoms with Crippen molar-refractivity contribution in [1.29, 1.82) is 0 Å². The highest BCUT2D eigenvalue weighted by Gasteiger charge is 2.28. The zero-order valence-electron chi connectivity index (χ0n) is 20.1. The molecule has 188 valence electrons. The summed E-state index contributed by atoms with van der Waals surface area (Å²) in [4.78, 5) is 9.50. The van der Waals surface area contributed by atoms with Gasteiger partial charge in [0.1, 0.15) is 23.6 Å². The van der Waals surface area contributed by atoms with Gasteiger partial charge in [-0.3, -0.25) is 4.31 Å². The van der Waals surface area contributed by atoms with Gasteiger partial charge in [-0.2, -0.15) is 0 Å². The van der Waals surface area contributed by atoms with Crippen LogP contribution >= 0.6 is 0 Å². The molecule has 0 atom stereocenters. The van der Waals surface area contributed by atoms with Crippen LogP contribution in [-0.4, -0.2) is 38.3 Å². The lowest BCUT2D eigenvalue weighted by Crippen LogP contribution is -2.33. The van der Waals surface area contributed by atoms with Crippen LogP contribution in [0.3, 0.4) is 0 Å². The van der Waals surface area contributed by atoms with Crippen molar-refractivity contribution in [1.82, 2.24) is 9.97 Å². The maximum absolute atomic E-state index is 16.0. The van der Waals surface area contributed by atoms with Crippen molar-refractivity contribution in [2.75, 3.05) is 29.1 Å². The summed E-state index contributed by atoms with van der Waals surface area (Å²) in [5, 5.41) is 0.700. The smallest absolute Gasteiger partial charge is 0.235 e. The van der Waals surface area contributed by atoms with Crippen LogP contribution in [0.5, 0.6) is 5.75 Å². The number of nitrogens with zero attached hydrogens (tertiary/aromatic N) is 4. The number of sulfonamides is 1. The van der Waals surface area contributed by atoms with E-state index in [4.69, 9.17) is 4.74 Å². The lowest BCUT2D eigenvalue weighted by Gasteiger charge is -2.28. The average molecular weight is 513 g/mol. The van der Waals surface area contributed by atoms with E-state index in [1.54, 1.807) is 55.6 Å². The Balaban J connectivity index is 1.79. The number of fused-ring (bicyclic) bond motifs is 1. The van der Waals surface area contributed by atoms with Crippen LogP contribution < -0.4 is 13.9 Å². The highest BCUT2D eigenvalue weighted by molar-refractivity contribution is 7.92. The molecule has 4 rings (SSSR count). The standard InChI is InChI=1S/C26H26F2N4O3S/c1-4-13-36(33,34)32(16-18-5-8-21(35-3)9-6-18)24-12-10-22(27)26(25(24)28)31(2)20-7-11-23-19(14-20)15-29-17-30-23/h5-12,14-15,17H,4,13,16H2,1-3H3. The SMILES string of the molecule is CCCS(=O)(=O)N(Cc1ccc(OC)cc1)c1ccc(F)c(N(C)c2ccc3ncncc3c2)c1F. The molecule has 0 spiro atoms. The summed E-state index contributed by atoms with van der Waals surface area (Å²) in [6, 6.07) is 14.2. The second-order valence-corrected chi connectivity index (χ2v) is 10.2. The Labute approximate surface area is 209 Å². The van der Waals surface area contributed by atoms with Crippen LogP contribution in [0.1, 0.15) is 18.9 Å². The van der Waals surface area contributed by atoms with Gasteiger partial charge in [-0.15, -0.1) is 0 Å². The number of anilines is 3. The zero-order valence-corrected chi connectivity index (χ0v) is 21.0. The fourth-order valence-corrected chi connectivity index (χ4v) is 5.46. The van der Waals surface area contributed by atoms with Gasteiger partial charge >= 0.3 is 0 Å².